The van der Waals surface area contributed by atoms with Crippen molar-refractivity contribution in [1.29, 1.82) is 0 Å². The molecule has 4 heteroatoms. The van der Waals surface area contributed by atoms with E-state index in [4.69, 9.17) is 0 Å². The summed E-state index contributed by atoms with van der Waals surface area (Å²) in [5.74, 6) is 0.537. The molecule has 0 atom stereocenters. The van der Waals surface area contributed by atoms with Crippen LogP contribution in [0.2, 0.25) is 0 Å². The lowest BCUT2D eigenvalue weighted by atomic mass is 10.0. The molecule has 0 unspecified atom stereocenters. The van der Waals surface area contributed by atoms with Crippen LogP contribution >= 0.6 is 0 Å². The Morgan fingerprint density at radius 1 is 0.680 bits per heavy atom. The molecule has 138 valence electrons. The number of hydrogen-bond acceptors (Lipinski definition) is 4. The van der Waals surface area contributed by atoms with Gasteiger partial charge in [0, 0.05) is 44.0 Å². The van der Waals surface area contributed by atoms with Crippen molar-refractivity contribution in [1.82, 2.24) is 4.90 Å². The molecule has 4 rings (SSSR count). The van der Waals surface area contributed by atoms with E-state index in [1.807, 2.05) is 0 Å². The van der Waals surface area contributed by atoms with E-state index in [1.165, 1.54) is 70.1 Å². The zero-order valence-corrected chi connectivity index (χ0v) is 15.6. The summed E-state index contributed by atoms with van der Waals surface area (Å²) in [5.41, 5.74) is 3.54. The Balaban J connectivity index is 1.65. The van der Waals surface area contributed by atoms with Crippen LogP contribution in [-0.4, -0.2) is 49.3 Å². The first-order valence-electron chi connectivity index (χ1n) is 10.4. The number of phenolic OH excluding ortho intramolecular Hbond substituents is 1. The molecule has 3 aliphatic rings. The fourth-order valence-electron chi connectivity index (χ4n) is 4.67. The van der Waals surface area contributed by atoms with Crippen molar-refractivity contribution < 1.29 is 5.11 Å². The maximum atomic E-state index is 11.0. The molecule has 0 aliphatic carbocycles. The predicted octanol–water partition coefficient (Wildman–Crippen LogP) is 3.97. The minimum atomic E-state index is 0.537. The average molecular weight is 344 g/mol. The summed E-state index contributed by atoms with van der Waals surface area (Å²) in [7, 11) is 0. The number of phenols is 1. The Morgan fingerprint density at radius 2 is 1.24 bits per heavy atom. The number of anilines is 2. The van der Waals surface area contributed by atoms with Crippen LogP contribution in [0.25, 0.3) is 0 Å². The lowest BCUT2D eigenvalue weighted by Crippen LogP contribution is -2.32. The molecular weight excluding hydrogens is 310 g/mol. The van der Waals surface area contributed by atoms with Gasteiger partial charge in [0.05, 0.1) is 5.69 Å². The number of rotatable bonds is 4. The Kier molecular flexibility index (Phi) is 5.35. The van der Waals surface area contributed by atoms with Crippen LogP contribution < -0.4 is 9.80 Å². The molecule has 3 aliphatic heterocycles. The van der Waals surface area contributed by atoms with Crippen molar-refractivity contribution in [2.24, 2.45) is 0 Å². The van der Waals surface area contributed by atoms with Gasteiger partial charge in [-0.15, -0.1) is 0 Å². The number of aromatic hydroxyl groups is 1. The average Bonchev–Trinajstić information content (AvgIpc) is 3.18. The maximum Gasteiger partial charge on any atom is 0.143 e. The van der Waals surface area contributed by atoms with Crippen LogP contribution in [0, 0.1) is 0 Å². The van der Waals surface area contributed by atoms with E-state index in [0.717, 1.165) is 44.0 Å². The molecule has 1 aromatic rings. The number of likely N-dealkylation sites (tertiary alicyclic amines) is 1. The van der Waals surface area contributed by atoms with Gasteiger partial charge < -0.3 is 14.9 Å². The smallest absolute Gasteiger partial charge is 0.143 e. The molecule has 0 aromatic heterocycles. The SMILES string of the molecule is Oc1c(CN2CCCC2)cc(N2CCCCC2)cc1N1CCCCC1. The minimum absolute atomic E-state index is 0.537. The van der Waals surface area contributed by atoms with Gasteiger partial charge in [0.2, 0.25) is 0 Å². The normalized spacial score (nSPS) is 22.6. The Morgan fingerprint density at radius 3 is 1.88 bits per heavy atom. The van der Waals surface area contributed by atoms with Crippen molar-refractivity contribution in [3.8, 4) is 5.75 Å². The van der Waals surface area contributed by atoms with Crippen molar-refractivity contribution >= 4 is 11.4 Å². The van der Waals surface area contributed by atoms with E-state index in [0.29, 0.717) is 5.75 Å². The third-order valence-corrected chi connectivity index (χ3v) is 6.16. The molecule has 3 saturated heterocycles. The zero-order chi connectivity index (χ0) is 17.1. The molecule has 0 amide bonds. The molecule has 0 spiro atoms. The minimum Gasteiger partial charge on any atom is -0.505 e. The first-order valence-corrected chi connectivity index (χ1v) is 10.4. The maximum absolute atomic E-state index is 11.0. The van der Waals surface area contributed by atoms with Crippen LogP contribution in [0.4, 0.5) is 11.4 Å². The summed E-state index contributed by atoms with van der Waals surface area (Å²) in [6, 6.07) is 4.53. The second-order valence-corrected chi connectivity index (χ2v) is 8.05. The molecule has 1 N–H and O–H groups in total. The van der Waals surface area contributed by atoms with Gasteiger partial charge in [0.1, 0.15) is 5.75 Å². The quantitative estimate of drug-likeness (QED) is 0.896. The van der Waals surface area contributed by atoms with Crippen LogP contribution in [0.15, 0.2) is 12.1 Å². The Bertz CT molecular complexity index is 571. The van der Waals surface area contributed by atoms with Crippen molar-refractivity contribution in [2.45, 2.75) is 57.9 Å². The lowest BCUT2D eigenvalue weighted by Gasteiger charge is -2.34. The number of nitrogens with zero attached hydrogens (tertiary/aromatic N) is 3. The molecule has 0 saturated carbocycles. The Labute approximate surface area is 152 Å². The highest BCUT2D eigenvalue weighted by molar-refractivity contribution is 5.70. The van der Waals surface area contributed by atoms with E-state index in [9.17, 15) is 5.11 Å². The van der Waals surface area contributed by atoms with Gasteiger partial charge in [-0.25, -0.2) is 0 Å². The summed E-state index contributed by atoms with van der Waals surface area (Å²) >= 11 is 0. The highest BCUT2D eigenvalue weighted by atomic mass is 16.3. The van der Waals surface area contributed by atoms with Gasteiger partial charge in [-0.3, -0.25) is 4.90 Å². The van der Waals surface area contributed by atoms with Gasteiger partial charge in [0.15, 0.2) is 0 Å². The third kappa shape index (κ3) is 3.89. The van der Waals surface area contributed by atoms with E-state index >= 15 is 0 Å². The van der Waals surface area contributed by atoms with Gasteiger partial charge in [-0.1, -0.05) is 0 Å². The van der Waals surface area contributed by atoms with E-state index in [-0.39, 0.29) is 0 Å². The molecule has 4 nitrogen and oxygen atoms in total. The van der Waals surface area contributed by atoms with Crippen LogP contribution in [-0.2, 0) is 6.54 Å². The molecule has 0 radical (unpaired) electrons. The second-order valence-electron chi connectivity index (χ2n) is 8.05. The van der Waals surface area contributed by atoms with Gasteiger partial charge in [0.25, 0.3) is 0 Å². The molecule has 3 fully saturated rings. The fraction of sp³-hybridized carbons (Fsp3) is 0.714. The van der Waals surface area contributed by atoms with Gasteiger partial charge in [-0.2, -0.15) is 0 Å². The number of benzene rings is 1. The Hall–Kier alpha value is -1.42. The predicted molar refractivity (Wildman–Crippen MR) is 105 cm³/mol. The van der Waals surface area contributed by atoms with Crippen LogP contribution in [0.3, 0.4) is 0 Å². The summed E-state index contributed by atoms with van der Waals surface area (Å²) in [6.45, 7) is 7.73. The summed E-state index contributed by atoms with van der Waals surface area (Å²) in [5, 5.41) is 11.0. The van der Waals surface area contributed by atoms with Gasteiger partial charge in [-0.05, 0) is 76.6 Å². The van der Waals surface area contributed by atoms with Crippen molar-refractivity contribution in [3.05, 3.63) is 17.7 Å². The summed E-state index contributed by atoms with van der Waals surface area (Å²) in [6.07, 6.45) is 10.3. The van der Waals surface area contributed by atoms with Crippen molar-refractivity contribution in [2.75, 3.05) is 49.1 Å². The topological polar surface area (TPSA) is 30.0 Å². The standard InChI is InChI=1S/C21H33N3O/c25-21-18(17-22-9-7-8-10-22)15-19(23-11-3-1-4-12-23)16-20(21)24-13-5-2-6-14-24/h15-16,25H,1-14,17H2. The second kappa shape index (κ2) is 7.86. The first-order chi connectivity index (χ1) is 12.3. The largest absolute Gasteiger partial charge is 0.505 e. The fourth-order valence-corrected chi connectivity index (χ4v) is 4.67. The highest BCUT2D eigenvalue weighted by Gasteiger charge is 2.22. The highest BCUT2D eigenvalue weighted by Crippen LogP contribution is 2.38. The molecule has 3 heterocycles. The molecule has 25 heavy (non-hydrogen) atoms. The number of hydrogen-bond donors (Lipinski definition) is 1. The monoisotopic (exact) mass is 343 g/mol. The summed E-state index contributed by atoms with van der Waals surface area (Å²) < 4.78 is 0. The van der Waals surface area contributed by atoms with Gasteiger partial charge >= 0.3 is 0 Å². The molecule has 0 bridgehead atoms. The lowest BCUT2D eigenvalue weighted by molar-refractivity contribution is 0.324. The van der Waals surface area contributed by atoms with Crippen LogP contribution in [0.1, 0.15) is 56.9 Å². The third-order valence-electron chi connectivity index (χ3n) is 6.16. The molecular formula is C21H33N3O. The van der Waals surface area contributed by atoms with E-state index < -0.39 is 0 Å². The van der Waals surface area contributed by atoms with Crippen molar-refractivity contribution in [3.63, 3.8) is 0 Å². The molecule has 1 aromatic carbocycles. The van der Waals surface area contributed by atoms with E-state index in [1.54, 1.807) is 0 Å². The van der Waals surface area contributed by atoms with E-state index in [2.05, 4.69) is 26.8 Å². The zero-order valence-electron chi connectivity index (χ0n) is 15.6. The number of piperidine rings is 2. The summed E-state index contributed by atoms with van der Waals surface area (Å²) in [4.78, 5) is 7.44. The first kappa shape index (κ1) is 17.0. The van der Waals surface area contributed by atoms with Crippen LogP contribution in [0.5, 0.6) is 5.75 Å².